The van der Waals surface area contributed by atoms with Gasteiger partial charge in [-0.3, -0.25) is 10.1 Å². The lowest BCUT2D eigenvalue weighted by Gasteiger charge is -2.07. The third-order valence-electron chi connectivity index (χ3n) is 3.05. The molecule has 1 aromatic carbocycles. The molecule has 2 rings (SSSR count). The molecule has 0 atom stereocenters. The Morgan fingerprint density at radius 2 is 1.92 bits per heavy atom. The van der Waals surface area contributed by atoms with Gasteiger partial charge in [0.05, 0.1) is 19.8 Å². The van der Waals surface area contributed by atoms with Crippen LogP contribution in [0.1, 0.15) is 18.9 Å². The number of ether oxygens (including phenoxy) is 4. The molecule has 0 aromatic heterocycles. The van der Waals surface area contributed by atoms with E-state index in [1.807, 2.05) is 5.32 Å². The lowest BCUT2D eigenvalue weighted by atomic mass is 10.2. The van der Waals surface area contributed by atoms with Crippen molar-refractivity contribution in [2.24, 2.45) is 0 Å². The number of fused-ring (bicyclic) bond motifs is 1. The average molecular weight is 349 g/mol. The number of rotatable bonds is 5. The summed E-state index contributed by atoms with van der Waals surface area (Å²) in [5.41, 5.74) is 0.720. The van der Waals surface area contributed by atoms with Gasteiger partial charge in [-0.1, -0.05) is 6.07 Å². The van der Waals surface area contributed by atoms with E-state index in [-0.39, 0.29) is 6.61 Å². The van der Waals surface area contributed by atoms with E-state index in [1.54, 1.807) is 25.1 Å². The Morgan fingerprint density at radius 3 is 2.68 bits per heavy atom. The van der Waals surface area contributed by atoms with Crippen molar-refractivity contribution in [3.63, 3.8) is 0 Å². The van der Waals surface area contributed by atoms with Crippen molar-refractivity contribution in [1.82, 2.24) is 5.32 Å². The molecule has 2 amide bonds. The number of esters is 1. The van der Waals surface area contributed by atoms with Crippen LogP contribution in [0.5, 0.6) is 11.5 Å². The van der Waals surface area contributed by atoms with Crippen LogP contribution in [0.3, 0.4) is 0 Å². The highest BCUT2D eigenvalue weighted by atomic mass is 16.6. The highest BCUT2D eigenvalue weighted by Gasteiger charge is 2.11. The van der Waals surface area contributed by atoms with E-state index >= 15 is 0 Å². The molecule has 1 N–H and O–H groups in total. The van der Waals surface area contributed by atoms with Crippen molar-refractivity contribution < 1.29 is 33.3 Å². The molecule has 1 aliphatic rings. The Labute approximate surface area is 144 Å². The first-order valence-corrected chi connectivity index (χ1v) is 7.79. The summed E-state index contributed by atoms with van der Waals surface area (Å²) in [5, 5.41) is 1.92. The molecule has 0 unspecified atom stereocenters. The molecule has 8 nitrogen and oxygen atoms in total. The fourth-order valence-electron chi connectivity index (χ4n) is 1.95. The quantitative estimate of drug-likeness (QED) is 0.637. The summed E-state index contributed by atoms with van der Waals surface area (Å²) in [5.74, 6) is -0.211. The molecule has 134 valence electrons. The SMILES string of the molecule is CCOC(=O)NC(=O)COC(=O)/C=C/c1ccc2c(c1)OCCCO2. The highest BCUT2D eigenvalue weighted by molar-refractivity contribution is 5.94. The smallest absolute Gasteiger partial charge is 0.413 e. The van der Waals surface area contributed by atoms with E-state index in [0.717, 1.165) is 12.0 Å². The number of carbonyl (C=O) groups is 3. The van der Waals surface area contributed by atoms with Gasteiger partial charge in [0, 0.05) is 12.5 Å². The van der Waals surface area contributed by atoms with Gasteiger partial charge in [0.1, 0.15) is 0 Å². The minimum Gasteiger partial charge on any atom is -0.490 e. The van der Waals surface area contributed by atoms with Crippen molar-refractivity contribution >= 4 is 24.0 Å². The maximum Gasteiger partial charge on any atom is 0.413 e. The van der Waals surface area contributed by atoms with Gasteiger partial charge in [-0.15, -0.1) is 0 Å². The molecule has 25 heavy (non-hydrogen) atoms. The topological polar surface area (TPSA) is 100 Å². The van der Waals surface area contributed by atoms with Crippen LogP contribution in [-0.2, 0) is 19.1 Å². The van der Waals surface area contributed by atoms with E-state index in [0.29, 0.717) is 24.7 Å². The second-order valence-corrected chi connectivity index (χ2v) is 4.97. The van der Waals surface area contributed by atoms with Crippen molar-refractivity contribution in [2.45, 2.75) is 13.3 Å². The van der Waals surface area contributed by atoms with Crippen LogP contribution >= 0.6 is 0 Å². The van der Waals surface area contributed by atoms with Gasteiger partial charge in [-0.05, 0) is 30.7 Å². The van der Waals surface area contributed by atoms with Crippen LogP contribution in [0.15, 0.2) is 24.3 Å². The summed E-state index contributed by atoms with van der Waals surface area (Å²) in [4.78, 5) is 34.0. The second kappa shape index (κ2) is 9.31. The summed E-state index contributed by atoms with van der Waals surface area (Å²) < 4.78 is 20.3. The van der Waals surface area contributed by atoms with Crippen molar-refractivity contribution in [3.05, 3.63) is 29.8 Å². The number of hydrogen-bond acceptors (Lipinski definition) is 7. The lowest BCUT2D eigenvalue weighted by Crippen LogP contribution is -2.34. The zero-order valence-corrected chi connectivity index (χ0v) is 13.8. The van der Waals surface area contributed by atoms with E-state index in [9.17, 15) is 14.4 Å². The molecule has 0 saturated heterocycles. The summed E-state index contributed by atoms with van der Waals surface area (Å²) >= 11 is 0. The fourth-order valence-corrected chi connectivity index (χ4v) is 1.95. The number of imide groups is 1. The summed E-state index contributed by atoms with van der Waals surface area (Å²) in [7, 11) is 0. The molecule has 1 aliphatic heterocycles. The Balaban J connectivity index is 1.83. The Hall–Kier alpha value is -3.03. The molecule has 1 aromatic rings. The van der Waals surface area contributed by atoms with Gasteiger partial charge >= 0.3 is 12.1 Å². The molecule has 0 bridgehead atoms. The summed E-state index contributed by atoms with van der Waals surface area (Å²) in [6, 6.07) is 5.28. The normalized spacial score (nSPS) is 13.0. The predicted molar refractivity (Wildman–Crippen MR) is 87.2 cm³/mol. The van der Waals surface area contributed by atoms with Crippen LogP contribution in [0, 0.1) is 0 Å². The third kappa shape index (κ3) is 6.17. The Bertz CT molecular complexity index is 669. The summed E-state index contributed by atoms with van der Waals surface area (Å²) in [6.07, 6.45) is 2.63. The minimum absolute atomic E-state index is 0.136. The Kier molecular flexibility index (Phi) is 6.82. The van der Waals surface area contributed by atoms with E-state index in [1.165, 1.54) is 12.2 Å². The predicted octanol–water partition coefficient (Wildman–Crippen LogP) is 1.68. The minimum atomic E-state index is -0.883. The first kappa shape index (κ1) is 18.3. The molecule has 0 radical (unpaired) electrons. The third-order valence-corrected chi connectivity index (χ3v) is 3.05. The molecular formula is C17H19NO7. The Morgan fingerprint density at radius 1 is 1.16 bits per heavy atom. The van der Waals surface area contributed by atoms with Crippen molar-refractivity contribution in [2.75, 3.05) is 26.4 Å². The van der Waals surface area contributed by atoms with Gasteiger partial charge in [0.25, 0.3) is 5.91 Å². The number of alkyl carbamates (subject to hydrolysis) is 1. The first-order chi connectivity index (χ1) is 12.1. The maximum atomic E-state index is 11.6. The van der Waals surface area contributed by atoms with Gasteiger partial charge in [0.2, 0.25) is 0 Å². The maximum absolute atomic E-state index is 11.6. The van der Waals surface area contributed by atoms with Crippen molar-refractivity contribution in [1.29, 1.82) is 0 Å². The highest BCUT2D eigenvalue weighted by Crippen LogP contribution is 2.30. The number of nitrogens with one attached hydrogen (secondary N) is 1. The fraction of sp³-hybridized carbons (Fsp3) is 0.353. The van der Waals surface area contributed by atoms with Gasteiger partial charge in [-0.2, -0.15) is 0 Å². The van der Waals surface area contributed by atoms with Crippen molar-refractivity contribution in [3.8, 4) is 11.5 Å². The first-order valence-electron chi connectivity index (χ1n) is 7.79. The largest absolute Gasteiger partial charge is 0.490 e. The molecule has 0 aliphatic carbocycles. The van der Waals surface area contributed by atoms with Crippen LogP contribution in [0.25, 0.3) is 6.08 Å². The molecule has 0 saturated carbocycles. The zero-order valence-electron chi connectivity index (χ0n) is 13.8. The average Bonchev–Trinajstić information content (AvgIpc) is 2.83. The lowest BCUT2D eigenvalue weighted by molar-refractivity contribution is -0.143. The molecule has 0 fully saturated rings. The van der Waals surface area contributed by atoms with Crippen LogP contribution in [0.4, 0.5) is 4.79 Å². The van der Waals surface area contributed by atoms with Gasteiger partial charge < -0.3 is 18.9 Å². The van der Waals surface area contributed by atoms with E-state index in [2.05, 4.69) is 4.74 Å². The monoisotopic (exact) mass is 349 g/mol. The van der Waals surface area contributed by atoms with Crippen LogP contribution < -0.4 is 14.8 Å². The van der Waals surface area contributed by atoms with E-state index in [4.69, 9.17) is 14.2 Å². The standard InChI is InChI=1S/C17H19NO7/c1-2-22-17(21)18-15(19)11-25-16(20)7-5-12-4-6-13-14(10-12)24-9-3-8-23-13/h4-7,10H,2-3,8-9,11H2,1H3,(H,18,19,21)/b7-5+. The molecule has 8 heteroatoms. The molecular weight excluding hydrogens is 330 g/mol. The van der Waals surface area contributed by atoms with Crippen LogP contribution in [0.2, 0.25) is 0 Å². The number of hydrogen-bond donors (Lipinski definition) is 1. The number of amides is 2. The molecule has 1 heterocycles. The second-order valence-electron chi connectivity index (χ2n) is 4.97. The molecule has 0 spiro atoms. The number of benzene rings is 1. The van der Waals surface area contributed by atoms with E-state index < -0.39 is 24.6 Å². The zero-order chi connectivity index (χ0) is 18.1. The summed E-state index contributed by atoms with van der Waals surface area (Å²) in [6.45, 7) is 2.33. The van der Waals surface area contributed by atoms with Crippen LogP contribution in [-0.4, -0.2) is 44.4 Å². The van der Waals surface area contributed by atoms with Gasteiger partial charge in [0.15, 0.2) is 18.1 Å². The number of carbonyl (C=O) groups excluding carboxylic acids is 3. The van der Waals surface area contributed by atoms with Gasteiger partial charge in [-0.25, -0.2) is 9.59 Å².